The summed E-state index contributed by atoms with van der Waals surface area (Å²) in [6.07, 6.45) is 3.67. The maximum absolute atomic E-state index is 12.1. The van der Waals surface area contributed by atoms with Crippen molar-refractivity contribution in [3.8, 4) is 5.69 Å². The highest BCUT2D eigenvalue weighted by molar-refractivity contribution is 5.94. The van der Waals surface area contributed by atoms with Crippen molar-refractivity contribution in [1.29, 1.82) is 0 Å². The summed E-state index contributed by atoms with van der Waals surface area (Å²) >= 11 is 0. The topological polar surface area (TPSA) is 59.8 Å². The molecule has 0 atom stereocenters. The molecule has 0 aliphatic rings. The normalized spacial score (nSPS) is 11.3. The summed E-state index contributed by atoms with van der Waals surface area (Å²) in [6, 6.07) is 12.2. The Bertz CT molecular complexity index is 925. The lowest BCUT2D eigenvalue weighted by Gasteiger charge is -2.07. The van der Waals surface area contributed by atoms with Gasteiger partial charge in [0.25, 0.3) is 0 Å². The van der Waals surface area contributed by atoms with E-state index < -0.39 is 0 Å². The molecule has 0 bridgehead atoms. The van der Waals surface area contributed by atoms with Crippen LogP contribution in [0.25, 0.3) is 16.7 Å². The molecule has 0 aliphatic heterocycles. The second-order valence-corrected chi connectivity index (χ2v) is 7.40. The first kappa shape index (κ1) is 19.1. The van der Waals surface area contributed by atoms with Crippen LogP contribution in [0.1, 0.15) is 63.5 Å². The molecule has 1 heterocycles. The Morgan fingerprint density at radius 2 is 1.74 bits per heavy atom. The maximum atomic E-state index is 12.1. The second kappa shape index (κ2) is 8.33. The van der Waals surface area contributed by atoms with Gasteiger partial charge in [-0.1, -0.05) is 45.7 Å². The molecule has 1 N–H and O–H groups in total. The van der Waals surface area contributed by atoms with Crippen molar-refractivity contribution in [2.24, 2.45) is 0 Å². The molecule has 0 saturated carbocycles. The standard InChI is InChI=1S/C22H28N4O/c1-5-6-7-8-22(27)23-19-14-21-20(13-16(19)4)24-26(25-21)18-11-9-17(10-12-18)15(2)3/h9-15H,5-8H2,1-4H3,(H,23,27). The van der Waals surface area contributed by atoms with Gasteiger partial charge in [0.05, 0.1) is 5.69 Å². The van der Waals surface area contributed by atoms with Crippen molar-refractivity contribution in [1.82, 2.24) is 15.0 Å². The first-order valence-electron chi connectivity index (χ1n) is 9.76. The van der Waals surface area contributed by atoms with E-state index in [4.69, 9.17) is 0 Å². The van der Waals surface area contributed by atoms with Gasteiger partial charge in [-0.2, -0.15) is 4.80 Å². The highest BCUT2D eigenvalue weighted by Gasteiger charge is 2.11. The molecule has 5 heteroatoms. The number of nitrogens with zero attached hydrogens (tertiary/aromatic N) is 3. The molecule has 2 aromatic carbocycles. The second-order valence-electron chi connectivity index (χ2n) is 7.40. The number of carbonyl (C=O) groups is 1. The van der Waals surface area contributed by atoms with E-state index in [1.54, 1.807) is 4.80 Å². The lowest BCUT2D eigenvalue weighted by atomic mass is 10.0. The van der Waals surface area contributed by atoms with Crippen LogP contribution in [0.15, 0.2) is 36.4 Å². The van der Waals surface area contributed by atoms with Crippen molar-refractivity contribution < 1.29 is 4.79 Å². The van der Waals surface area contributed by atoms with E-state index in [2.05, 4.69) is 48.4 Å². The van der Waals surface area contributed by atoms with Gasteiger partial charge in [0.1, 0.15) is 11.0 Å². The number of hydrogen-bond acceptors (Lipinski definition) is 3. The van der Waals surface area contributed by atoms with Gasteiger partial charge < -0.3 is 5.32 Å². The van der Waals surface area contributed by atoms with Crippen LogP contribution >= 0.6 is 0 Å². The third-order valence-electron chi connectivity index (χ3n) is 4.80. The van der Waals surface area contributed by atoms with Gasteiger partial charge in [-0.15, -0.1) is 10.2 Å². The van der Waals surface area contributed by atoms with E-state index in [-0.39, 0.29) is 5.91 Å². The summed E-state index contributed by atoms with van der Waals surface area (Å²) < 4.78 is 0. The lowest BCUT2D eigenvalue weighted by Crippen LogP contribution is -2.12. The minimum atomic E-state index is 0.0579. The molecule has 0 aliphatic carbocycles. The Balaban J connectivity index is 1.82. The van der Waals surface area contributed by atoms with Crippen LogP contribution in [0.5, 0.6) is 0 Å². The third kappa shape index (κ3) is 4.54. The molecule has 0 fully saturated rings. The summed E-state index contributed by atoms with van der Waals surface area (Å²) in [7, 11) is 0. The van der Waals surface area contributed by atoms with E-state index in [0.29, 0.717) is 12.3 Å². The molecule has 27 heavy (non-hydrogen) atoms. The molecule has 0 radical (unpaired) electrons. The number of anilines is 1. The molecule has 142 valence electrons. The van der Waals surface area contributed by atoms with Crippen LogP contribution < -0.4 is 5.32 Å². The van der Waals surface area contributed by atoms with Gasteiger partial charge in [-0.05, 0) is 54.7 Å². The highest BCUT2D eigenvalue weighted by atomic mass is 16.1. The smallest absolute Gasteiger partial charge is 0.224 e. The SMILES string of the molecule is CCCCCC(=O)Nc1cc2nn(-c3ccc(C(C)C)cc3)nc2cc1C. The number of aromatic nitrogens is 3. The van der Waals surface area contributed by atoms with Crippen LogP contribution in [-0.4, -0.2) is 20.9 Å². The summed E-state index contributed by atoms with van der Waals surface area (Å²) in [4.78, 5) is 13.8. The van der Waals surface area contributed by atoms with Crippen molar-refractivity contribution in [2.45, 2.75) is 59.3 Å². The molecular formula is C22H28N4O. The Hall–Kier alpha value is -2.69. The largest absolute Gasteiger partial charge is 0.326 e. The summed E-state index contributed by atoms with van der Waals surface area (Å²) in [5, 5.41) is 12.2. The fourth-order valence-corrected chi connectivity index (χ4v) is 3.06. The third-order valence-corrected chi connectivity index (χ3v) is 4.80. The zero-order valence-electron chi connectivity index (χ0n) is 16.6. The van der Waals surface area contributed by atoms with Crippen molar-refractivity contribution >= 4 is 22.6 Å². The van der Waals surface area contributed by atoms with E-state index in [1.165, 1.54) is 5.56 Å². The van der Waals surface area contributed by atoms with Crippen LogP contribution in [0.2, 0.25) is 0 Å². The predicted octanol–water partition coefficient (Wildman–Crippen LogP) is 5.37. The predicted molar refractivity (Wildman–Crippen MR) is 110 cm³/mol. The van der Waals surface area contributed by atoms with Gasteiger partial charge in [-0.25, -0.2) is 0 Å². The van der Waals surface area contributed by atoms with Crippen molar-refractivity contribution in [3.63, 3.8) is 0 Å². The minimum Gasteiger partial charge on any atom is -0.326 e. The van der Waals surface area contributed by atoms with Gasteiger partial charge in [0, 0.05) is 12.1 Å². The first-order chi connectivity index (χ1) is 13.0. The molecule has 0 saturated heterocycles. The number of unbranched alkanes of at least 4 members (excludes halogenated alkanes) is 2. The van der Waals surface area contributed by atoms with E-state index in [0.717, 1.165) is 47.2 Å². The quantitative estimate of drug-likeness (QED) is 0.573. The summed E-state index contributed by atoms with van der Waals surface area (Å²) in [5.74, 6) is 0.553. The molecule has 1 aromatic heterocycles. The molecule has 3 rings (SSSR count). The first-order valence-corrected chi connectivity index (χ1v) is 9.76. The molecule has 0 spiro atoms. The Morgan fingerprint density at radius 1 is 1.07 bits per heavy atom. The Morgan fingerprint density at radius 3 is 2.37 bits per heavy atom. The maximum Gasteiger partial charge on any atom is 0.224 e. The van der Waals surface area contributed by atoms with Crippen LogP contribution in [0.3, 0.4) is 0 Å². The molecule has 0 unspecified atom stereocenters. The number of rotatable bonds is 7. The number of carbonyl (C=O) groups excluding carboxylic acids is 1. The number of benzene rings is 2. The zero-order chi connectivity index (χ0) is 19.4. The average Bonchev–Trinajstić information content (AvgIpc) is 3.05. The number of nitrogens with one attached hydrogen (secondary N) is 1. The molecule has 3 aromatic rings. The monoisotopic (exact) mass is 364 g/mol. The summed E-state index contributed by atoms with van der Waals surface area (Å²) in [5.41, 5.74) is 5.62. The number of hydrogen-bond donors (Lipinski definition) is 1. The molecular weight excluding hydrogens is 336 g/mol. The Kier molecular flexibility index (Phi) is 5.89. The number of aryl methyl sites for hydroxylation is 1. The van der Waals surface area contributed by atoms with E-state index in [1.807, 2.05) is 31.2 Å². The van der Waals surface area contributed by atoms with Gasteiger partial charge >= 0.3 is 0 Å². The minimum absolute atomic E-state index is 0.0579. The molecule has 1 amide bonds. The van der Waals surface area contributed by atoms with Crippen LogP contribution in [0.4, 0.5) is 5.69 Å². The van der Waals surface area contributed by atoms with Crippen molar-refractivity contribution in [3.05, 3.63) is 47.5 Å². The lowest BCUT2D eigenvalue weighted by molar-refractivity contribution is -0.116. The number of fused-ring (bicyclic) bond motifs is 1. The van der Waals surface area contributed by atoms with Gasteiger partial charge in [0.15, 0.2) is 0 Å². The zero-order valence-corrected chi connectivity index (χ0v) is 16.6. The fourth-order valence-electron chi connectivity index (χ4n) is 3.06. The highest BCUT2D eigenvalue weighted by Crippen LogP contribution is 2.23. The van der Waals surface area contributed by atoms with Gasteiger partial charge in [0.2, 0.25) is 5.91 Å². The summed E-state index contributed by atoms with van der Waals surface area (Å²) in [6.45, 7) is 8.47. The van der Waals surface area contributed by atoms with Gasteiger partial charge in [-0.3, -0.25) is 4.79 Å². The average molecular weight is 364 g/mol. The number of amides is 1. The van der Waals surface area contributed by atoms with E-state index in [9.17, 15) is 4.79 Å². The van der Waals surface area contributed by atoms with Crippen molar-refractivity contribution in [2.75, 3.05) is 5.32 Å². The van der Waals surface area contributed by atoms with Crippen LogP contribution in [0, 0.1) is 6.92 Å². The fraction of sp³-hybridized carbons (Fsp3) is 0.409. The van der Waals surface area contributed by atoms with E-state index >= 15 is 0 Å². The molecule has 5 nitrogen and oxygen atoms in total. The van der Waals surface area contributed by atoms with Crippen LogP contribution in [-0.2, 0) is 4.79 Å². The Labute approximate surface area is 160 Å².